The van der Waals surface area contributed by atoms with Crippen LogP contribution in [0.1, 0.15) is 94.9 Å². The van der Waals surface area contributed by atoms with E-state index in [2.05, 4.69) is 160 Å². The molecular formula is C52H51N. The molecule has 0 aromatic heterocycles. The Morgan fingerprint density at radius 1 is 0.491 bits per heavy atom. The molecule has 4 saturated carbocycles. The Bertz CT molecular complexity index is 2390. The van der Waals surface area contributed by atoms with Crippen molar-refractivity contribution in [2.24, 2.45) is 23.7 Å². The minimum absolute atomic E-state index is 0.125. The molecule has 0 heterocycles. The topological polar surface area (TPSA) is 3.24 Å². The average Bonchev–Trinajstić information content (AvgIpc) is 3.47. The SMILES string of the molecule is CC1(C)CCC(C)(C)c2cc(N(c3ccc(-c4cccc5ccccc45)cc3)c3cccc4c3-c3ccccc3C43C4CC5CC(C4)CC3C5)ccc21. The second kappa shape index (κ2) is 11.2. The van der Waals surface area contributed by atoms with Crippen molar-refractivity contribution < 1.29 is 0 Å². The number of rotatable bonds is 4. The fourth-order valence-corrected chi connectivity index (χ4v) is 12.8. The molecule has 264 valence electrons. The first-order chi connectivity index (χ1) is 25.7. The van der Waals surface area contributed by atoms with Gasteiger partial charge in [0.25, 0.3) is 0 Å². The van der Waals surface area contributed by atoms with Gasteiger partial charge in [0, 0.05) is 22.4 Å². The predicted octanol–water partition coefficient (Wildman–Crippen LogP) is 14.0. The summed E-state index contributed by atoms with van der Waals surface area (Å²) in [6.07, 6.45) is 9.52. The minimum atomic E-state index is 0.125. The lowest BCUT2D eigenvalue weighted by Gasteiger charge is -2.61. The van der Waals surface area contributed by atoms with Crippen molar-refractivity contribution in [1.82, 2.24) is 0 Å². The highest BCUT2D eigenvalue weighted by molar-refractivity contribution is 5.98. The highest BCUT2D eigenvalue weighted by atomic mass is 15.1. The zero-order chi connectivity index (χ0) is 35.7. The third-order valence-electron chi connectivity index (χ3n) is 15.1. The molecule has 1 spiro atoms. The molecule has 0 aliphatic heterocycles. The van der Waals surface area contributed by atoms with Gasteiger partial charge in [-0.05, 0) is 159 Å². The van der Waals surface area contributed by atoms with Crippen LogP contribution >= 0.6 is 0 Å². The number of nitrogens with zero attached hydrogens (tertiary/aromatic N) is 1. The second-order valence-corrected chi connectivity index (χ2v) is 18.8. The van der Waals surface area contributed by atoms with Crippen LogP contribution in [-0.4, -0.2) is 0 Å². The van der Waals surface area contributed by atoms with Crippen LogP contribution < -0.4 is 4.90 Å². The number of benzene rings is 6. The number of hydrogen-bond donors (Lipinski definition) is 0. The Kier molecular flexibility index (Phi) is 6.74. The molecule has 0 saturated heterocycles. The van der Waals surface area contributed by atoms with Gasteiger partial charge in [0.1, 0.15) is 0 Å². The standard InChI is InChI=1S/C52H51N/c1-50(2)25-26-51(3,4)47-32-40(23-24-45(47)50)53(39-21-19-36(20-22-39)42-15-9-12-35-11-5-6-13-41(35)42)48-18-10-17-46-49(48)43-14-7-8-16-44(43)52(46)37-28-33-27-34(30-37)31-38(52)29-33/h5-24,32-34,37-38H,25-31H2,1-4H3. The van der Waals surface area contributed by atoms with Gasteiger partial charge in [-0.15, -0.1) is 0 Å². The van der Waals surface area contributed by atoms with Crippen molar-refractivity contribution >= 4 is 27.8 Å². The van der Waals surface area contributed by atoms with Gasteiger partial charge in [0.2, 0.25) is 0 Å². The van der Waals surface area contributed by atoms with E-state index in [1.165, 1.54) is 106 Å². The summed E-state index contributed by atoms with van der Waals surface area (Å²) in [5, 5.41) is 2.59. The first-order valence-electron chi connectivity index (χ1n) is 20.5. The normalized spacial score (nSPS) is 26.7. The molecule has 0 atom stereocenters. The lowest BCUT2D eigenvalue weighted by atomic mass is 9.43. The van der Waals surface area contributed by atoms with Crippen LogP contribution in [0.2, 0.25) is 0 Å². The summed E-state index contributed by atoms with van der Waals surface area (Å²) in [5.41, 5.74) is 16.0. The van der Waals surface area contributed by atoms with Crippen molar-refractivity contribution in [2.75, 3.05) is 4.90 Å². The lowest BCUT2D eigenvalue weighted by molar-refractivity contribution is -0.0399. The van der Waals surface area contributed by atoms with Crippen LogP contribution in [0.4, 0.5) is 17.1 Å². The van der Waals surface area contributed by atoms with Gasteiger partial charge in [0.15, 0.2) is 0 Å². The van der Waals surface area contributed by atoms with Crippen LogP contribution in [-0.2, 0) is 16.2 Å². The van der Waals surface area contributed by atoms with Gasteiger partial charge >= 0.3 is 0 Å². The van der Waals surface area contributed by atoms with E-state index in [1.54, 1.807) is 11.1 Å². The van der Waals surface area contributed by atoms with E-state index in [-0.39, 0.29) is 16.2 Å². The Balaban J connectivity index is 1.13. The Morgan fingerprint density at radius 3 is 1.87 bits per heavy atom. The Hall–Kier alpha value is -4.62. The molecule has 6 aromatic rings. The highest BCUT2D eigenvalue weighted by Crippen LogP contribution is 2.70. The van der Waals surface area contributed by atoms with E-state index in [1.807, 2.05) is 0 Å². The molecule has 6 aliphatic rings. The summed E-state index contributed by atoms with van der Waals surface area (Å²) < 4.78 is 0. The van der Waals surface area contributed by atoms with E-state index in [0.29, 0.717) is 0 Å². The quantitative estimate of drug-likeness (QED) is 0.178. The van der Waals surface area contributed by atoms with Gasteiger partial charge in [0.05, 0.1) is 5.69 Å². The first kappa shape index (κ1) is 31.9. The summed E-state index contributed by atoms with van der Waals surface area (Å²) in [7, 11) is 0. The molecule has 6 aromatic carbocycles. The van der Waals surface area contributed by atoms with Crippen molar-refractivity contribution in [3.05, 3.63) is 150 Å². The summed E-state index contributed by atoms with van der Waals surface area (Å²) in [6.45, 7) is 9.80. The molecule has 4 bridgehead atoms. The molecule has 1 heteroatoms. The predicted molar refractivity (Wildman–Crippen MR) is 223 cm³/mol. The van der Waals surface area contributed by atoms with Gasteiger partial charge in [-0.1, -0.05) is 125 Å². The van der Waals surface area contributed by atoms with Crippen LogP contribution in [0.3, 0.4) is 0 Å². The van der Waals surface area contributed by atoms with E-state index >= 15 is 0 Å². The molecule has 0 N–H and O–H groups in total. The van der Waals surface area contributed by atoms with Crippen LogP contribution in [0.15, 0.2) is 127 Å². The summed E-state index contributed by atoms with van der Waals surface area (Å²) in [5.74, 6) is 3.36. The molecule has 12 rings (SSSR count). The minimum Gasteiger partial charge on any atom is -0.310 e. The largest absolute Gasteiger partial charge is 0.310 e. The smallest absolute Gasteiger partial charge is 0.0543 e. The van der Waals surface area contributed by atoms with Crippen molar-refractivity contribution in [2.45, 2.75) is 88.9 Å². The first-order valence-corrected chi connectivity index (χ1v) is 20.5. The average molecular weight is 690 g/mol. The van der Waals surface area contributed by atoms with Crippen molar-refractivity contribution in [3.63, 3.8) is 0 Å². The molecule has 0 amide bonds. The van der Waals surface area contributed by atoms with Crippen LogP contribution in [0.5, 0.6) is 0 Å². The molecule has 0 radical (unpaired) electrons. The van der Waals surface area contributed by atoms with Gasteiger partial charge < -0.3 is 4.90 Å². The monoisotopic (exact) mass is 689 g/mol. The fourth-order valence-electron chi connectivity index (χ4n) is 12.8. The Morgan fingerprint density at radius 2 is 1.09 bits per heavy atom. The zero-order valence-electron chi connectivity index (χ0n) is 31.8. The molecule has 4 fully saturated rings. The van der Waals surface area contributed by atoms with E-state index in [9.17, 15) is 0 Å². The summed E-state index contributed by atoms with van der Waals surface area (Å²) in [6, 6.07) is 49.4. The molecule has 53 heavy (non-hydrogen) atoms. The summed E-state index contributed by atoms with van der Waals surface area (Å²) >= 11 is 0. The fraction of sp³-hybridized carbons (Fsp3) is 0.346. The molecule has 1 nitrogen and oxygen atoms in total. The van der Waals surface area contributed by atoms with Gasteiger partial charge in [-0.25, -0.2) is 0 Å². The maximum atomic E-state index is 2.62. The van der Waals surface area contributed by atoms with E-state index in [0.717, 1.165) is 23.7 Å². The number of hydrogen-bond acceptors (Lipinski definition) is 1. The van der Waals surface area contributed by atoms with Crippen LogP contribution in [0, 0.1) is 23.7 Å². The Labute approximate surface area is 316 Å². The van der Waals surface area contributed by atoms with Gasteiger partial charge in [-0.2, -0.15) is 0 Å². The second-order valence-electron chi connectivity index (χ2n) is 18.8. The maximum Gasteiger partial charge on any atom is 0.0543 e. The molecule has 0 unspecified atom stereocenters. The third kappa shape index (κ3) is 4.49. The van der Waals surface area contributed by atoms with E-state index in [4.69, 9.17) is 0 Å². The lowest BCUT2D eigenvalue weighted by Crippen LogP contribution is -2.55. The highest BCUT2D eigenvalue weighted by Gasteiger charge is 2.61. The number of anilines is 3. The van der Waals surface area contributed by atoms with Crippen molar-refractivity contribution in [3.8, 4) is 22.3 Å². The number of fused-ring (bicyclic) bond motifs is 5. The van der Waals surface area contributed by atoms with Crippen molar-refractivity contribution in [1.29, 1.82) is 0 Å². The molecule has 6 aliphatic carbocycles. The summed E-state index contributed by atoms with van der Waals surface area (Å²) in [4.78, 5) is 2.62. The van der Waals surface area contributed by atoms with Crippen LogP contribution in [0.25, 0.3) is 33.0 Å². The van der Waals surface area contributed by atoms with Gasteiger partial charge in [-0.3, -0.25) is 0 Å². The zero-order valence-corrected chi connectivity index (χ0v) is 31.8. The third-order valence-corrected chi connectivity index (χ3v) is 15.1. The molecular weight excluding hydrogens is 639 g/mol. The maximum absolute atomic E-state index is 2.62. The van der Waals surface area contributed by atoms with E-state index < -0.39 is 0 Å².